The quantitative estimate of drug-likeness (QED) is 0.236. The van der Waals surface area contributed by atoms with Crippen LogP contribution in [0.2, 0.25) is 0 Å². The summed E-state index contributed by atoms with van der Waals surface area (Å²) < 4.78 is 2.25. The average molecular weight is 514 g/mol. The molecular formula is C37H27N3. The Balaban J connectivity index is 1.47. The molecule has 0 saturated carbocycles. The molecule has 2 aromatic heterocycles. The minimum atomic E-state index is -0.0620. The third-order valence-electron chi connectivity index (χ3n) is 8.43. The first-order valence-electron chi connectivity index (χ1n) is 13.8. The summed E-state index contributed by atoms with van der Waals surface area (Å²) in [6.45, 7) is 4.67. The largest absolute Gasteiger partial charge is 0.278 e. The van der Waals surface area contributed by atoms with Crippen LogP contribution in [0.25, 0.3) is 61.4 Å². The van der Waals surface area contributed by atoms with E-state index >= 15 is 0 Å². The Morgan fingerprint density at radius 2 is 1.10 bits per heavy atom. The second-order valence-corrected chi connectivity index (χ2v) is 11.1. The van der Waals surface area contributed by atoms with E-state index in [1.54, 1.807) is 0 Å². The van der Waals surface area contributed by atoms with Gasteiger partial charge in [0, 0.05) is 27.3 Å². The van der Waals surface area contributed by atoms with Crippen molar-refractivity contribution in [1.29, 1.82) is 0 Å². The van der Waals surface area contributed by atoms with E-state index in [2.05, 4.69) is 134 Å². The number of fused-ring (bicyclic) bond motifs is 6. The summed E-state index contributed by atoms with van der Waals surface area (Å²) in [6.07, 6.45) is 0. The van der Waals surface area contributed by atoms with Gasteiger partial charge in [0.1, 0.15) is 0 Å². The van der Waals surface area contributed by atoms with Gasteiger partial charge in [-0.3, -0.25) is 4.57 Å². The first-order chi connectivity index (χ1) is 19.6. The summed E-state index contributed by atoms with van der Waals surface area (Å²) in [4.78, 5) is 10.4. The molecule has 0 atom stereocenters. The molecule has 5 aromatic carbocycles. The third kappa shape index (κ3) is 3.31. The lowest BCUT2D eigenvalue weighted by Crippen LogP contribution is -2.14. The van der Waals surface area contributed by atoms with Crippen molar-refractivity contribution in [3.05, 3.63) is 139 Å². The Labute approximate surface area is 233 Å². The summed E-state index contributed by atoms with van der Waals surface area (Å²) in [5, 5.41) is 2.44. The molecule has 1 aliphatic carbocycles. The molecule has 2 heterocycles. The van der Waals surface area contributed by atoms with Crippen molar-refractivity contribution in [2.75, 3.05) is 0 Å². The molecule has 0 saturated heterocycles. The number of aromatic nitrogens is 3. The van der Waals surface area contributed by atoms with E-state index in [-0.39, 0.29) is 5.41 Å². The second-order valence-electron chi connectivity index (χ2n) is 11.1. The molecule has 0 N–H and O–H groups in total. The highest BCUT2D eigenvalue weighted by molar-refractivity contribution is 6.11. The van der Waals surface area contributed by atoms with Crippen LogP contribution in [-0.4, -0.2) is 14.5 Å². The fraction of sp³-hybridized carbons (Fsp3) is 0.0811. The Morgan fingerprint density at radius 3 is 1.80 bits per heavy atom. The Kier molecular flexibility index (Phi) is 4.86. The number of para-hydroxylation sites is 1. The second kappa shape index (κ2) is 8.49. The van der Waals surface area contributed by atoms with Gasteiger partial charge in [0.2, 0.25) is 5.95 Å². The lowest BCUT2D eigenvalue weighted by atomic mass is 9.82. The van der Waals surface area contributed by atoms with Gasteiger partial charge in [0.05, 0.1) is 22.4 Å². The van der Waals surface area contributed by atoms with Gasteiger partial charge in [-0.2, -0.15) is 0 Å². The van der Waals surface area contributed by atoms with Gasteiger partial charge in [-0.1, -0.05) is 117 Å². The molecule has 1 aliphatic rings. The van der Waals surface area contributed by atoms with E-state index in [1.165, 1.54) is 33.0 Å². The molecule has 7 aromatic rings. The zero-order chi connectivity index (χ0) is 26.8. The predicted octanol–water partition coefficient (Wildman–Crippen LogP) is 9.21. The van der Waals surface area contributed by atoms with Crippen LogP contribution in [0.3, 0.4) is 0 Å². The van der Waals surface area contributed by atoms with Crippen LogP contribution >= 0.6 is 0 Å². The van der Waals surface area contributed by atoms with Gasteiger partial charge >= 0.3 is 0 Å². The minimum absolute atomic E-state index is 0.0620. The number of nitrogens with zero attached hydrogens (tertiary/aromatic N) is 3. The lowest BCUT2D eigenvalue weighted by molar-refractivity contribution is 0.661. The van der Waals surface area contributed by atoms with E-state index < -0.39 is 0 Å². The summed E-state index contributed by atoms with van der Waals surface area (Å²) in [6, 6.07) is 45.0. The molecule has 0 fully saturated rings. The topological polar surface area (TPSA) is 30.7 Å². The van der Waals surface area contributed by atoms with E-state index in [4.69, 9.17) is 9.97 Å². The van der Waals surface area contributed by atoms with E-state index in [0.29, 0.717) is 5.95 Å². The Bertz CT molecular complexity index is 2010. The lowest BCUT2D eigenvalue weighted by Gasteiger charge is -2.21. The van der Waals surface area contributed by atoms with Crippen molar-refractivity contribution in [1.82, 2.24) is 14.5 Å². The van der Waals surface area contributed by atoms with Crippen LogP contribution in [0.4, 0.5) is 0 Å². The van der Waals surface area contributed by atoms with Crippen molar-refractivity contribution >= 4 is 21.8 Å². The van der Waals surface area contributed by atoms with Crippen molar-refractivity contribution < 1.29 is 0 Å². The van der Waals surface area contributed by atoms with Crippen molar-refractivity contribution in [3.8, 4) is 39.6 Å². The number of hydrogen-bond donors (Lipinski definition) is 0. The number of benzene rings is 5. The molecule has 40 heavy (non-hydrogen) atoms. The maximum Gasteiger partial charge on any atom is 0.235 e. The monoisotopic (exact) mass is 513 g/mol. The predicted molar refractivity (Wildman–Crippen MR) is 165 cm³/mol. The zero-order valence-corrected chi connectivity index (χ0v) is 22.5. The third-order valence-corrected chi connectivity index (χ3v) is 8.43. The maximum absolute atomic E-state index is 5.19. The molecule has 8 rings (SSSR count). The molecule has 0 radical (unpaired) electrons. The van der Waals surface area contributed by atoms with Crippen molar-refractivity contribution in [3.63, 3.8) is 0 Å². The number of rotatable bonds is 3. The van der Waals surface area contributed by atoms with Crippen LogP contribution < -0.4 is 0 Å². The molecule has 0 unspecified atom stereocenters. The van der Waals surface area contributed by atoms with Gasteiger partial charge < -0.3 is 0 Å². The van der Waals surface area contributed by atoms with Gasteiger partial charge in [0.15, 0.2) is 0 Å². The van der Waals surface area contributed by atoms with Gasteiger partial charge in [-0.05, 0) is 46.5 Å². The summed E-state index contributed by atoms with van der Waals surface area (Å²) in [5.74, 6) is 0.678. The highest BCUT2D eigenvalue weighted by Gasteiger charge is 2.36. The molecule has 190 valence electrons. The number of hydrogen-bond acceptors (Lipinski definition) is 2. The van der Waals surface area contributed by atoms with Crippen LogP contribution in [0, 0.1) is 0 Å². The highest BCUT2D eigenvalue weighted by Crippen LogP contribution is 2.50. The normalized spacial score (nSPS) is 13.4. The SMILES string of the molecule is CC1(C)c2ccccc2-c2cc3c(cc21)c1ccccc1n3-c1nc(-c2ccccc2)cc(-c2ccccc2)n1. The minimum Gasteiger partial charge on any atom is -0.278 e. The molecule has 3 heteroatoms. The van der Waals surface area contributed by atoms with Crippen molar-refractivity contribution in [2.24, 2.45) is 0 Å². The van der Waals surface area contributed by atoms with Crippen molar-refractivity contribution in [2.45, 2.75) is 19.3 Å². The summed E-state index contributed by atoms with van der Waals surface area (Å²) >= 11 is 0. The molecule has 0 spiro atoms. The fourth-order valence-corrected chi connectivity index (χ4v) is 6.43. The maximum atomic E-state index is 5.19. The van der Waals surface area contributed by atoms with Gasteiger partial charge in [0.25, 0.3) is 0 Å². The van der Waals surface area contributed by atoms with Gasteiger partial charge in [-0.15, -0.1) is 0 Å². The molecular weight excluding hydrogens is 486 g/mol. The average Bonchev–Trinajstić information content (AvgIpc) is 3.45. The van der Waals surface area contributed by atoms with Crippen LogP contribution in [0.15, 0.2) is 127 Å². The summed E-state index contributed by atoms with van der Waals surface area (Å²) in [5.41, 5.74) is 11.5. The zero-order valence-electron chi connectivity index (χ0n) is 22.5. The first-order valence-corrected chi connectivity index (χ1v) is 13.8. The van der Waals surface area contributed by atoms with Gasteiger partial charge in [-0.25, -0.2) is 9.97 Å². The highest BCUT2D eigenvalue weighted by atomic mass is 15.2. The molecule has 3 nitrogen and oxygen atoms in total. The molecule has 0 bridgehead atoms. The Morgan fingerprint density at radius 1 is 0.500 bits per heavy atom. The van der Waals surface area contributed by atoms with E-state index in [1.807, 2.05) is 12.1 Å². The standard InChI is InChI=1S/C37H27N3/c1-37(2)30-19-11-9-17-26(30)28-22-35-29(21-31(28)37)27-18-10-12-20-34(27)40(35)36-38-32(24-13-5-3-6-14-24)23-33(39-36)25-15-7-4-8-16-25/h3-23H,1-2H3. The summed E-state index contributed by atoms with van der Waals surface area (Å²) in [7, 11) is 0. The van der Waals surface area contributed by atoms with E-state index in [0.717, 1.165) is 33.5 Å². The Hall–Kier alpha value is -5.02. The molecule has 0 aliphatic heterocycles. The van der Waals surface area contributed by atoms with Crippen LogP contribution in [0.5, 0.6) is 0 Å². The van der Waals surface area contributed by atoms with Crippen LogP contribution in [0.1, 0.15) is 25.0 Å². The van der Waals surface area contributed by atoms with Crippen LogP contribution in [-0.2, 0) is 5.41 Å². The first kappa shape index (κ1) is 22.9. The molecule has 0 amide bonds. The van der Waals surface area contributed by atoms with E-state index in [9.17, 15) is 0 Å². The smallest absolute Gasteiger partial charge is 0.235 e. The fourth-order valence-electron chi connectivity index (χ4n) is 6.43.